The molecule has 18 heavy (non-hydrogen) atoms. The van der Waals surface area contributed by atoms with Gasteiger partial charge < -0.3 is 0 Å². The summed E-state index contributed by atoms with van der Waals surface area (Å²) in [6, 6.07) is 5.11. The van der Waals surface area contributed by atoms with E-state index in [4.69, 9.17) is 5.26 Å². The van der Waals surface area contributed by atoms with Gasteiger partial charge in [-0.15, -0.1) is 0 Å². The summed E-state index contributed by atoms with van der Waals surface area (Å²) < 4.78 is 0. The number of rotatable bonds is 2. The lowest BCUT2D eigenvalue weighted by Gasteiger charge is -2.31. The molecule has 1 aliphatic heterocycles. The molecule has 1 aliphatic rings. The fourth-order valence-electron chi connectivity index (χ4n) is 1.85. The topological polar surface area (TPSA) is 86.1 Å². The summed E-state index contributed by atoms with van der Waals surface area (Å²) in [5, 5.41) is 11.2. The van der Waals surface area contributed by atoms with Gasteiger partial charge in [-0.2, -0.15) is 5.26 Å². The van der Waals surface area contributed by atoms with E-state index >= 15 is 0 Å². The molecule has 2 rings (SSSR count). The number of nitriles is 1. The molecule has 0 aliphatic carbocycles. The van der Waals surface area contributed by atoms with E-state index in [2.05, 4.69) is 10.3 Å². The van der Waals surface area contributed by atoms with Crippen LogP contribution >= 0.6 is 0 Å². The van der Waals surface area contributed by atoms with Crippen molar-refractivity contribution in [1.82, 2.24) is 15.2 Å². The Morgan fingerprint density at radius 2 is 2.39 bits per heavy atom. The van der Waals surface area contributed by atoms with Gasteiger partial charge in [0.05, 0.1) is 12.6 Å². The fraction of sp³-hybridized carbons (Fsp3) is 0.333. The maximum atomic E-state index is 11.5. The fourth-order valence-corrected chi connectivity index (χ4v) is 1.85. The van der Waals surface area contributed by atoms with Gasteiger partial charge in [-0.3, -0.25) is 19.8 Å². The van der Waals surface area contributed by atoms with Crippen LogP contribution in [0.5, 0.6) is 0 Å². The van der Waals surface area contributed by atoms with Crippen LogP contribution in [0.15, 0.2) is 18.3 Å². The minimum Gasteiger partial charge on any atom is -0.294 e. The van der Waals surface area contributed by atoms with Gasteiger partial charge in [0.25, 0.3) is 0 Å². The van der Waals surface area contributed by atoms with E-state index in [0.29, 0.717) is 17.8 Å². The molecule has 0 spiro atoms. The number of hydrogen-bond acceptors (Lipinski definition) is 5. The second-order valence-corrected chi connectivity index (χ2v) is 4.12. The van der Waals surface area contributed by atoms with Gasteiger partial charge >= 0.3 is 0 Å². The second-order valence-electron chi connectivity index (χ2n) is 4.12. The summed E-state index contributed by atoms with van der Waals surface area (Å²) >= 11 is 0. The molecule has 1 aromatic heterocycles. The van der Waals surface area contributed by atoms with E-state index in [1.54, 1.807) is 30.2 Å². The molecule has 2 heterocycles. The van der Waals surface area contributed by atoms with Crippen molar-refractivity contribution in [2.75, 3.05) is 6.54 Å². The Hall–Kier alpha value is -2.26. The first kappa shape index (κ1) is 12.2. The number of carbonyl (C=O) groups is 2. The van der Waals surface area contributed by atoms with Gasteiger partial charge in [-0.25, -0.2) is 4.98 Å². The Labute approximate surface area is 104 Å². The summed E-state index contributed by atoms with van der Waals surface area (Å²) in [7, 11) is 0. The molecule has 1 saturated heterocycles. The summed E-state index contributed by atoms with van der Waals surface area (Å²) in [4.78, 5) is 28.5. The molecule has 2 amide bonds. The number of amides is 2. The van der Waals surface area contributed by atoms with E-state index in [1.807, 2.05) is 6.07 Å². The Morgan fingerprint density at radius 1 is 1.61 bits per heavy atom. The largest absolute Gasteiger partial charge is 0.294 e. The van der Waals surface area contributed by atoms with Crippen LogP contribution in [-0.4, -0.2) is 34.3 Å². The second kappa shape index (κ2) is 4.94. The highest BCUT2D eigenvalue weighted by Gasteiger charge is 2.30. The van der Waals surface area contributed by atoms with Crippen molar-refractivity contribution in [2.45, 2.75) is 19.5 Å². The lowest BCUT2D eigenvalue weighted by Crippen LogP contribution is -2.56. The smallest absolute Gasteiger partial charge is 0.243 e. The van der Waals surface area contributed by atoms with E-state index < -0.39 is 6.04 Å². The van der Waals surface area contributed by atoms with Crippen LogP contribution in [0.25, 0.3) is 0 Å². The highest BCUT2D eigenvalue weighted by Crippen LogP contribution is 2.13. The van der Waals surface area contributed by atoms with Gasteiger partial charge in [0, 0.05) is 18.3 Å². The van der Waals surface area contributed by atoms with Crippen LogP contribution in [0, 0.1) is 11.3 Å². The quantitative estimate of drug-likeness (QED) is 0.728. The SMILES string of the molecule is CC1C(=O)NC(=O)CN1Cc1cccnc1C#N. The van der Waals surface area contributed by atoms with Crippen LogP contribution < -0.4 is 5.32 Å². The third-order valence-corrected chi connectivity index (χ3v) is 2.91. The summed E-state index contributed by atoms with van der Waals surface area (Å²) in [5.74, 6) is -0.630. The lowest BCUT2D eigenvalue weighted by atomic mass is 10.1. The zero-order chi connectivity index (χ0) is 13.1. The van der Waals surface area contributed by atoms with Gasteiger partial charge in [-0.05, 0) is 13.0 Å². The normalized spacial score (nSPS) is 20.3. The maximum absolute atomic E-state index is 11.5. The van der Waals surface area contributed by atoms with Crippen molar-refractivity contribution >= 4 is 11.8 Å². The van der Waals surface area contributed by atoms with Crippen molar-refractivity contribution in [3.05, 3.63) is 29.6 Å². The number of pyridine rings is 1. The van der Waals surface area contributed by atoms with Crippen molar-refractivity contribution in [1.29, 1.82) is 5.26 Å². The summed E-state index contributed by atoms with van der Waals surface area (Å²) in [5.41, 5.74) is 1.04. The van der Waals surface area contributed by atoms with E-state index in [-0.39, 0.29) is 18.4 Å². The van der Waals surface area contributed by atoms with Crippen LogP contribution in [0.3, 0.4) is 0 Å². The number of nitrogens with one attached hydrogen (secondary N) is 1. The predicted octanol–water partition coefficient (Wildman–Crippen LogP) is -0.200. The first-order valence-corrected chi connectivity index (χ1v) is 5.53. The Kier molecular flexibility index (Phi) is 3.35. The minimum absolute atomic E-state index is 0.146. The maximum Gasteiger partial charge on any atom is 0.243 e. The van der Waals surface area contributed by atoms with Gasteiger partial charge in [-0.1, -0.05) is 6.07 Å². The van der Waals surface area contributed by atoms with E-state index in [0.717, 1.165) is 0 Å². The first-order chi connectivity index (χ1) is 8.61. The third-order valence-electron chi connectivity index (χ3n) is 2.91. The molecule has 1 aromatic rings. The number of aromatic nitrogens is 1. The zero-order valence-corrected chi connectivity index (χ0v) is 9.88. The Balaban J connectivity index is 2.20. The molecule has 1 N–H and O–H groups in total. The highest BCUT2D eigenvalue weighted by atomic mass is 16.2. The number of piperazine rings is 1. The molecule has 92 valence electrons. The van der Waals surface area contributed by atoms with Gasteiger partial charge in [0.15, 0.2) is 0 Å². The van der Waals surface area contributed by atoms with E-state index in [9.17, 15) is 9.59 Å². The average molecular weight is 244 g/mol. The molecule has 1 unspecified atom stereocenters. The third kappa shape index (κ3) is 2.36. The van der Waals surface area contributed by atoms with Crippen LogP contribution in [-0.2, 0) is 16.1 Å². The number of hydrogen-bond donors (Lipinski definition) is 1. The number of imide groups is 1. The highest BCUT2D eigenvalue weighted by molar-refractivity contribution is 6.00. The van der Waals surface area contributed by atoms with E-state index in [1.165, 1.54) is 0 Å². The molecule has 6 nitrogen and oxygen atoms in total. The summed E-state index contributed by atoms with van der Waals surface area (Å²) in [6.45, 7) is 2.23. The molecule has 0 radical (unpaired) electrons. The zero-order valence-electron chi connectivity index (χ0n) is 9.88. The van der Waals surface area contributed by atoms with Crippen LogP contribution in [0.2, 0.25) is 0 Å². The van der Waals surface area contributed by atoms with Gasteiger partial charge in [0.2, 0.25) is 11.8 Å². The standard InChI is InChI=1S/C12H12N4O2/c1-8-12(18)15-11(17)7-16(8)6-9-3-2-4-14-10(9)5-13/h2-4,8H,6-7H2,1H3,(H,15,17,18). The van der Waals surface area contributed by atoms with Crippen LogP contribution in [0.4, 0.5) is 0 Å². The predicted molar refractivity (Wildman–Crippen MR) is 62.0 cm³/mol. The molecule has 1 fully saturated rings. The minimum atomic E-state index is -0.394. The van der Waals surface area contributed by atoms with Gasteiger partial charge in [0.1, 0.15) is 11.8 Å². The Bertz CT molecular complexity index is 535. The first-order valence-electron chi connectivity index (χ1n) is 5.53. The summed E-state index contributed by atoms with van der Waals surface area (Å²) in [6.07, 6.45) is 1.54. The van der Waals surface area contributed by atoms with Crippen LogP contribution in [0.1, 0.15) is 18.2 Å². The molecular weight excluding hydrogens is 232 g/mol. The molecule has 0 saturated carbocycles. The van der Waals surface area contributed by atoms with Crippen molar-refractivity contribution in [3.63, 3.8) is 0 Å². The van der Waals surface area contributed by atoms with Crippen molar-refractivity contribution < 1.29 is 9.59 Å². The average Bonchev–Trinajstić information content (AvgIpc) is 2.36. The molecule has 6 heteroatoms. The van der Waals surface area contributed by atoms with Crippen molar-refractivity contribution in [3.8, 4) is 6.07 Å². The Morgan fingerprint density at radius 3 is 3.11 bits per heavy atom. The number of carbonyl (C=O) groups excluding carboxylic acids is 2. The lowest BCUT2D eigenvalue weighted by molar-refractivity contribution is -0.139. The monoisotopic (exact) mass is 244 g/mol. The molecule has 1 atom stereocenters. The van der Waals surface area contributed by atoms with Crippen molar-refractivity contribution in [2.24, 2.45) is 0 Å². The molecule has 0 bridgehead atoms. The molecule has 0 aromatic carbocycles. The molecular formula is C12H12N4O2. The number of nitrogens with zero attached hydrogens (tertiary/aromatic N) is 3.